The van der Waals surface area contributed by atoms with Crippen LogP contribution in [0, 0.1) is 0 Å². The standard InChI is InChI=1S/C14H16BrNOS/c1-10(11-5-3-4-6-13(11)17-2)16-9-14-12(15)7-8-18-14/h3-8,10,16H,9H2,1-2H3/t10-/m0/s1. The van der Waals surface area contributed by atoms with Crippen LogP contribution in [0.15, 0.2) is 40.2 Å². The number of benzene rings is 1. The lowest BCUT2D eigenvalue weighted by atomic mass is 10.1. The summed E-state index contributed by atoms with van der Waals surface area (Å²) in [5, 5.41) is 5.61. The molecule has 1 atom stereocenters. The van der Waals surface area contributed by atoms with Gasteiger partial charge in [0.1, 0.15) is 5.75 Å². The maximum atomic E-state index is 5.38. The van der Waals surface area contributed by atoms with Gasteiger partial charge < -0.3 is 10.1 Å². The smallest absolute Gasteiger partial charge is 0.123 e. The van der Waals surface area contributed by atoms with Crippen LogP contribution in [0.1, 0.15) is 23.4 Å². The molecule has 96 valence electrons. The molecule has 1 aromatic heterocycles. The lowest BCUT2D eigenvalue weighted by Crippen LogP contribution is -2.18. The van der Waals surface area contributed by atoms with Gasteiger partial charge in [0.25, 0.3) is 0 Å². The molecule has 0 aliphatic carbocycles. The van der Waals surface area contributed by atoms with Gasteiger partial charge in [-0.05, 0) is 40.4 Å². The summed E-state index contributed by atoms with van der Waals surface area (Å²) < 4.78 is 6.55. The summed E-state index contributed by atoms with van der Waals surface area (Å²) in [5.74, 6) is 0.933. The Morgan fingerprint density at radius 3 is 2.78 bits per heavy atom. The summed E-state index contributed by atoms with van der Waals surface area (Å²) >= 11 is 5.30. The molecule has 0 fully saturated rings. The van der Waals surface area contributed by atoms with Gasteiger partial charge in [-0.3, -0.25) is 0 Å². The fraction of sp³-hybridized carbons (Fsp3) is 0.286. The minimum atomic E-state index is 0.259. The van der Waals surface area contributed by atoms with E-state index in [2.05, 4.69) is 45.7 Å². The van der Waals surface area contributed by atoms with Crippen molar-refractivity contribution in [1.29, 1.82) is 0 Å². The molecule has 0 aliphatic rings. The van der Waals surface area contributed by atoms with Gasteiger partial charge in [0.05, 0.1) is 7.11 Å². The summed E-state index contributed by atoms with van der Waals surface area (Å²) in [6, 6.07) is 10.5. The summed E-state index contributed by atoms with van der Waals surface area (Å²) in [6.07, 6.45) is 0. The van der Waals surface area contributed by atoms with Gasteiger partial charge >= 0.3 is 0 Å². The molecule has 0 unspecified atom stereocenters. The van der Waals surface area contributed by atoms with E-state index in [0.29, 0.717) is 0 Å². The highest BCUT2D eigenvalue weighted by Gasteiger charge is 2.11. The molecular formula is C14H16BrNOS. The summed E-state index contributed by atoms with van der Waals surface area (Å²) in [4.78, 5) is 1.32. The van der Waals surface area contributed by atoms with Crippen molar-refractivity contribution in [3.63, 3.8) is 0 Å². The second-order valence-electron chi connectivity index (χ2n) is 4.04. The molecule has 18 heavy (non-hydrogen) atoms. The SMILES string of the molecule is COc1ccccc1[C@H](C)NCc1sccc1Br. The molecule has 0 saturated heterocycles. The monoisotopic (exact) mass is 325 g/mol. The molecule has 0 saturated carbocycles. The second kappa shape index (κ2) is 6.36. The van der Waals surface area contributed by atoms with Crippen LogP contribution in [-0.4, -0.2) is 7.11 Å². The molecule has 1 aromatic carbocycles. The van der Waals surface area contributed by atoms with Crippen LogP contribution in [-0.2, 0) is 6.54 Å². The number of nitrogens with one attached hydrogen (secondary N) is 1. The Bertz CT molecular complexity index is 512. The number of para-hydroxylation sites is 1. The third-order valence-electron chi connectivity index (χ3n) is 2.87. The average Bonchev–Trinajstić information content (AvgIpc) is 2.81. The number of thiophene rings is 1. The first-order valence-electron chi connectivity index (χ1n) is 5.80. The largest absolute Gasteiger partial charge is 0.496 e. The summed E-state index contributed by atoms with van der Waals surface area (Å²) in [5.41, 5.74) is 1.19. The summed E-state index contributed by atoms with van der Waals surface area (Å²) in [6.45, 7) is 3.01. The van der Waals surface area contributed by atoms with Gasteiger partial charge in [-0.1, -0.05) is 18.2 Å². The Morgan fingerprint density at radius 1 is 1.33 bits per heavy atom. The number of halogens is 1. The fourth-order valence-corrected chi connectivity index (χ4v) is 3.27. The molecule has 2 aromatic rings. The van der Waals surface area contributed by atoms with E-state index < -0.39 is 0 Å². The quantitative estimate of drug-likeness (QED) is 0.881. The van der Waals surface area contributed by atoms with Crippen LogP contribution >= 0.6 is 27.3 Å². The Balaban J connectivity index is 2.03. The van der Waals surface area contributed by atoms with Crippen molar-refractivity contribution in [2.45, 2.75) is 19.5 Å². The maximum Gasteiger partial charge on any atom is 0.123 e. The molecule has 0 radical (unpaired) electrons. The third-order valence-corrected chi connectivity index (χ3v) is 4.79. The normalized spacial score (nSPS) is 12.4. The van der Waals surface area contributed by atoms with Crippen molar-refractivity contribution in [2.75, 3.05) is 7.11 Å². The zero-order valence-electron chi connectivity index (χ0n) is 10.4. The predicted octanol–water partition coefficient (Wildman–Crippen LogP) is 4.37. The molecule has 1 N–H and O–H groups in total. The van der Waals surface area contributed by atoms with Gasteiger partial charge in [0.2, 0.25) is 0 Å². The molecule has 0 amide bonds. The molecule has 0 bridgehead atoms. The van der Waals surface area contributed by atoms with E-state index in [4.69, 9.17) is 4.74 Å². The minimum absolute atomic E-state index is 0.259. The molecule has 2 nitrogen and oxygen atoms in total. The van der Waals surface area contributed by atoms with Crippen LogP contribution in [0.25, 0.3) is 0 Å². The van der Waals surface area contributed by atoms with Gasteiger partial charge in [0.15, 0.2) is 0 Å². The van der Waals surface area contributed by atoms with Crippen molar-refractivity contribution in [3.05, 3.63) is 50.6 Å². The maximum absolute atomic E-state index is 5.38. The lowest BCUT2D eigenvalue weighted by Gasteiger charge is -2.16. The van der Waals surface area contributed by atoms with E-state index in [1.807, 2.05) is 18.2 Å². The second-order valence-corrected chi connectivity index (χ2v) is 5.89. The van der Waals surface area contributed by atoms with E-state index in [9.17, 15) is 0 Å². The van der Waals surface area contributed by atoms with Crippen LogP contribution in [0.4, 0.5) is 0 Å². The number of ether oxygens (including phenoxy) is 1. The highest BCUT2D eigenvalue weighted by Crippen LogP contribution is 2.26. The number of hydrogen-bond acceptors (Lipinski definition) is 3. The zero-order chi connectivity index (χ0) is 13.0. The Labute approximate surface area is 120 Å². The van der Waals surface area contributed by atoms with Crippen molar-refractivity contribution in [3.8, 4) is 5.75 Å². The lowest BCUT2D eigenvalue weighted by molar-refractivity contribution is 0.401. The van der Waals surface area contributed by atoms with Crippen molar-refractivity contribution in [1.82, 2.24) is 5.32 Å². The van der Waals surface area contributed by atoms with Crippen LogP contribution in [0.3, 0.4) is 0 Å². The first kappa shape index (κ1) is 13.6. The Morgan fingerprint density at radius 2 is 2.11 bits per heavy atom. The van der Waals surface area contributed by atoms with E-state index in [-0.39, 0.29) is 6.04 Å². The third kappa shape index (κ3) is 3.13. The molecule has 4 heteroatoms. The number of rotatable bonds is 5. The van der Waals surface area contributed by atoms with Gasteiger partial charge in [-0.25, -0.2) is 0 Å². The highest BCUT2D eigenvalue weighted by molar-refractivity contribution is 9.10. The van der Waals surface area contributed by atoms with Crippen molar-refractivity contribution in [2.24, 2.45) is 0 Å². The molecule has 0 aliphatic heterocycles. The van der Waals surface area contributed by atoms with Gasteiger partial charge in [-0.15, -0.1) is 11.3 Å². The topological polar surface area (TPSA) is 21.3 Å². The molecule has 0 spiro atoms. The van der Waals surface area contributed by atoms with E-state index in [0.717, 1.165) is 12.3 Å². The fourth-order valence-electron chi connectivity index (χ4n) is 1.83. The highest BCUT2D eigenvalue weighted by atomic mass is 79.9. The molecule has 1 heterocycles. The van der Waals surface area contributed by atoms with Crippen molar-refractivity contribution >= 4 is 27.3 Å². The van der Waals surface area contributed by atoms with E-state index in [1.54, 1.807) is 18.4 Å². The molecule has 2 rings (SSSR count). The van der Waals surface area contributed by atoms with Crippen LogP contribution in [0.5, 0.6) is 5.75 Å². The van der Waals surface area contributed by atoms with Gasteiger partial charge in [0, 0.05) is 27.5 Å². The summed E-state index contributed by atoms with van der Waals surface area (Å²) in [7, 11) is 1.71. The van der Waals surface area contributed by atoms with E-state index in [1.165, 1.54) is 14.9 Å². The zero-order valence-corrected chi connectivity index (χ0v) is 12.8. The number of methoxy groups -OCH3 is 1. The average molecular weight is 326 g/mol. The van der Waals surface area contributed by atoms with E-state index >= 15 is 0 Å². The Hall–Kier alpha value is -0.840. The van der Waals surface area contributed by atoms with Crippen molar-refractivity contribution < 1.29 is 4.74 Å². The first-order chi connectivity index (χ1) is 8.72. The molecular weight excluding hydrogens is 310 g/mol. The minimum Gasteiger partial charge on any atom is -0.496 e. The van der Waals surface area contributed by atoms with Crippen LogP contribution in [0.2, 0.25) is 0 Å². The van der Waals surface area contributed by atoms with Gasteiger partial charge in [-0.2, -0.15) is 0 Å². The first-order valence-corrected chi connectivity index (χ1v) is 7.47. The predicted molar refractivity (Wildman–Crippen MR) is 80.3 cm³/mol. The van der Waals surface area contributed by atoms with Crippen LogP contribution < -0.4 is 10.1 Å². The number of hydrogen-bond donors (Lipinski definition) is 1. The Kier molecular flexibility index (Phi) is 4.80.